The zero-order valence-corrected chi connectivity index (χ0v) is 19.8. The summed E-state index contributed by atoms with van der Waals surface area (Å²) in [5.41, 5.74) is 3.97. The first-order valence-electron chi connectivity index (χ1n) is 12.8. The van der Waals surface area contributed by atoms with E-state index >= 15 is 0 Å². The number of nitrogens with zero attached hydrogens (tertiary/aromatic N) is 1. The monoisotopic (exact) mass is 462 g/mol. The third kappa shape index (κ3) is 3.54. The van der Waals surface area contributed by atoms with Crippen molar-refractivity contribution < 1.29 is 19.1 Å². The van der Waals surface area contributed by atoms with Crippen molar-refractivity contribution in [2.24, 2.45) is 11.8 Å². The summed E-state index contributed by atoms with van der Waals surface area (Å²) in [6.45, 7) is 2.55. The van der Waals surface area contributed by atoms with Crippen molar-refractivity contribution in [3.63, 3.8) is 0 Å². The first kappa shape index (κ1) is 21.8. The molecule has 6 nitrogen and oxygen atoms in total. The fourth-order valence-corrected chi connectivity index (χ4v) is 7.08. The topological polar surface area (TPSA) is 74.9 Å². The van der Waals surface area contributed by atoms with Crippen molar-refractivity contribution >= 4 is 12.0 Å². The highest BCUT2D eigenvalue weighted by atomic mass is 16.5. The number of amides is 1. The number of likely N-dealkylation sites (tertiary alicyclic amines) is 1. The van der Waals surface area contributed by atoms with E-state index in [-0.39, 0.29) is 11.3 Å². The van der Waals surface area contributed by atoms with Gasteiger partial charge in [0.05, 0.1) is 12.5 Å². The lowest BCUT2D eigenvalue weighted by molar-refractivity contribution is -0.115. The van der Waals surface area contributed by atoms with Crippen LogP contribution in [0.1, 0.15) is 55.2 Å². The fraction of sp³-hybridized carbons (Fsp3) is 0.536. The van der Waals surface area contributed by atoms with E-state index in [2.05, 4.69) is 16.3 Å². The molecule has 3 heterocycles. The number of furan rings is 1. The second-order valence-electron chi connectivity index (χ2n) is 10.6. The van der Waals surface area contributed by atoms with Crippen molar-refractivity contribution in [1.29, 1.82) is 0 Å². The number of benzene rings is 1. The van der Waals surface area contributed by atoms with Crippen molar-refractivity contribution in [3.05, 3.63) is 53.5 Å². The molecule has 1 amide bonds. The number of phenolic OH excluding ortho intramolecular Hbond substituents is 1. The molecule has 2 aromatic rings. The van der Waals surface area contributed by atoms with Gasteiger partial charge in [-0.25, -0.2) is 0 Å². The Morgan fingerprint density at radius 1 is 1.26 bits per heavy atom. The standard InChI is InChI=1S/C20H25NO2.C8H9NO2/c22-16-7-6-13-10-15-14-2-1-3-17-20(14,18(13)19(16)23-17)8-9-21(15)11-12-4-5-12;1-9-8(10)3-2-7-4-5-11-6-7/h6-7,12,14-15,17,22H,1-5,8-11H2;2-6H,1H3,(H,9,10)/b;3-2+/t14-,15+,17-,20+;/m0./s1. The van der Waals surface area contributed by atoms with E-state index in [1.54, 1.807) is 31.7 Å². The van der Waals surface area contributed by atoms with E-state index in [1.165, 1.54) is 68.8 Å². The van der Waals surface area contributed by atoms with Crippen LogP contribution in [0, 0.1) is 11.8 Å². The molecular formula is C28H34N2O4. The second kappa shape index (κ2) is 8.49. The van der Waals surface area contributed by atoms with Crippen LogP contribution >= 0.6 is 0 Å². The zero-order valence-electron chi connectivity index (χ0n) is 19.8. The van der Waals surface area contributed by atoms with Crippen LogP contribution in [-0.2, 0) is 16.6 Å². The molecule has 1 aromatic carbocycles. The first-order chi connectivity index (χ1) is 16.6. The summed E-state index contributed by atoms with van der Waals surface area (Å²) in [4.78, 5) is 13.5. The number of nitrogens with one attached hydrogen (secondary N) is 1. The number of carbonyl (C=O) groups is 1. The molecule has 4 atom stereocenters. The Balaban J connectivity index is 0.000000168. The van der Waals surface area contributed by atoms with Crippen LogP contribution in [0.5, 0.6) is 11.5 Å². The van der Waals surface area contributed by atoms with E-state index in [4.69, 9.17) is 9.15 Å². The highest BCUT2D eigenvalue weighted by Gasteiger charge is 2.63. The van der Waals surface area contributed by atoms with Gasteiger partial charge in [-0.15, -0.1) is 0 Å². The number of aromatic hydroxyl groups is 1. The van der Waals surface area contributed by atoms with Gasteiger partial charge in [-0.2, -0.15) is 0 Å². The van der Waals surface area contributed by atoms with Crippen LogP contribution in [0.3, 0.4) is 0 Å². The molecule has 2 aliphatic heterocycles. The molecule has 6 heteroatoms. The van der Waals surface area contributed by atoms with Crippen molar-refractivity contribution in [2.75, 3.05) is 20.1 Å². The Hall–Kier alpha value is -2.73. The van der Waals surface area contributed by atoms with Crippen LogP contribution in [0.25, 0.3) is 6.08 Å². The highest BCUT2D eigenvalue weighted by Crippen LogP contribution is 2.63. The maximum atomic E-state index is 10.7. The van der Waals surface area contributed by atoms with Crippen molar-refractivity contribution in [2.45, 2.75) is 62.5 Å². The van der Waals surface area contributed by atoms with Gasteiger partial charge in [0.2, 0.25) is 5.91 Å². The molecule has 180 valence electrons. The highest BCUT2D eigenvalue weighted by molar-refractivity contribution is 5.91. The average Bonchev–Trinajstić information content (AvgIpc) is 3.38. The largest absolute Gasteiger partial charge is 0.504 e. The molecule has 3 fully saturated rings. The number of rotatable bonds is 4. The smallest absolute Gasteiger partial charge is 0.243 e. The van der Waals surface area contributed by atoms with Crippen LogP contribution in [0.2, 0.25) is 0 Å². The summed E-state index contributed by atoms with van der Waals surface area (Å²) in [6, 6.07) is 6.53. The SMILES string of the molecule is CNC(=O)/C=C/c1ccoc1.Oc1ccc2c3c1O[C@H]1CCC[C@H]4[C@@H](C2)N(CC2CC2)CC[C@]314. The summed E-state index contributed by atoms with van der Waals surface area (Å²) in [6.07, 6.45) is 15.7. The summed E-state index contributed by atoms with van der Waals surface area (Å²) >= 11 is 0. The van der Waals surface area contributed by atoms with Crippen LogP contribution in [-0.4, -0.2) is 48.2 Å². The Morgan fingerprint density at radius 3 is 2.91 bits per heavy atom. The van der Waals surface area contributed by atoms with Crippen molar-refractivity contribution in [1.82, 2.24) is 10.2 Å². The number of hydrogen-bond donors (Lipinski definition) is 2. The lowest BCUT2D eigenvalue weighted by Gasteiger charge is -2.58. The van der Waals surface area contributed by atoms with Gasteiger partial charge in [0.15, 0.2) is 11.5 Å². The number of piperidine rings is 1. The molecule has 7 rings (SSSR count). The minimum absolute atomic E-state index is 0.119. The molecule has 5 aliphatic rings. The molecule has 0 radical (unpaired) electrons. The molecule has 1 saturated heterocycles. The number of phenols is 1. The Bertz CT molecular complexity index is 1090. The molecule has 2 saturated carbocycles. The summed E-state index contributed by atoms with van der Waals surface area (Å²) in [5, 5.41) is 12.8. The van der Waals surface area contributed by atoms with Crippen molar-refractivity contribution in [3.8, 4) is 11.5 Å². The molecule has 3 aliphatic carbocycles. The fourth-order valence-electron chi connectivity index (χ4n) is 7.08. The van der Waals surface area contributed by atoms with Gasteiger partial charge in [0.1, 0.15) is 6.10 Å². The lowest BCUT2D eigenvalue weighted by Crippen LogP contribution is -2.64. The molecule has 2 N–H and O–H groups in total. The van der Waals surface area contributed by atoms with E-state index < -0.39 is 0 Å². The van der Waals surface area contributed by atoms with Gasteiger partial charge in [-0.3, -0.25) is 9.69 Å². The van der Waals surface area contributed by atoms with E-state index in [9.17, 15) is 9.90 Å². The normalized spacial score (nSPS) is 30.8. The van der Waals surface area contributed by atoms with Crippen LogP contribution in [0.4, 0.5) is 0 Å². The number of carbonyl (C=O) groups excluding carboxylic acids is 1. The molecule has 2 bridgehead atoms. The third-order valence-corrected chi connectivity index (χ3v) is 8.75. The molecule has 0 unspecified atom stereocenters. The van der Waals surface area contributed by atoms with Gasteiger partial charge >= 0.3 is 0 Å². The summed E-state index contributed by atoms with van der Waals surface area (Å²) < 4.78 is 11.2. The van der Waals surface area contributed by atoms with E-state index in [1.807, 2.05) is 6.07 Å². The first-order valence-corrected chi connectivity index (χ1v) is 12.8. The molecule has 1 spiro atoms. The van der Waals surface area contributed by atoms with E-state index in [0.29, 0.717) is 17.9 Å². The minimum Gasteiger partial charge on any atom is -0.504 e. The number of hydrogen-bond acceptors (Lipinski definition) is 5. The maximum Gasteiger partial charge on any atom is 0.243 e. The van der Waals surface area contributed by atoms with E-state index in [0.717, 1.165) is 29.6 Å². The maximum absolute atomic E-state index is 10.7. The molecular weight excluding hydrogens is 428 g/mol. The minimum atomic E-state index is -0.119. The summed E-state index contributed by atoms with van der Waals surface area (Å²) in [5.74, 6) is 2.80. The third-order valence-electron chi connectivity index (χ3n) is 8.75. The van der Waals surface area contributed by atoms with Gasteiger partial charge in [0, 0.05) is 42.3 Å². The quantitative estimate of drug-likeness (QED) is 0.664. The Morgan fingerprint density at radius 2 is 2.15 bits per heavy atom. The molecule has 1 aromatic heterocycles. The second-order valence-corrected chi connectivity index (χ2v) is 10.6. The van der Waals surface area contributed by atoms with Gasteiger partial charge in [-0.1, -0.05) is 6.07 Å². The average molecular weight is 463 g/mol. The Kier molecular flexibility index (Phi) is 5.44. The number of ether oxygens (including phenoxy) is 1. The van der Waals surface area contributed by atoms with Gasteiger partial charge in [-0.05, 0) is 87.1 Å². The summed E-state index contributed by atoms with van der Waals surface area (Å²) in [7, 11) is 1.59. The predicted molar refractivity (Wildman–Crippen MR) is 130 cm³/mol. The number of likely N-dealkylation sites (N-methyl/N-ethyl adjacent to an activating group) is 1. The van der Waals surface area contributed by atoms with Gasteiger partial charge in [0.25, 0.3) is 0 Å². The molecule has 34 heavy (non-hydrogen) atoms. The van der Waals surface area contributed by atoms with Crippen LogP contribution < -0.4 is 10.1 Å². The lowest BCUT2D eigenvalue weighted by atomic mass is 9.52. The zero-order chi connectivity index (χ0) is 23.3. The van der Waals surface area contributed by atoms with Gasteiger partial charge < -0.3 is 19.6 Å². The Labute approximate surface area is 201 Å². The van der Waals surface area contributed by atoms with Crippen LogP contribution in [0.15, 0.2) is 41.2 Å². The predicted octanol–water partition coefficient (Wildman–Crippen LogP) is 4.27.